The van der Waals surface area contributed by atoms with E-state index in [1.165, 1.54) is 4.80 Å². The first-order valence-corrected chi connectivity index (χ1v) is 13.1. The summed E-state index contributed by atoms with van der Waals surface area (Å²) in [5, 5.41) is 15.7. The van der Waals surface area contributed by atoms with E-state index in [1.54, 1.807) is 30.2 Å². The van der Waals surface area contributed by atoms with Crippen LogP contribution in [0.5, 0.6) is 5.75 Å². The Balaban J connectivity index is 1.52. The van der Waals surface area contributed by atoms with Gasteiger partial charge >= 0.3 is 0 Å². The number of aromatic nitrogens is 4. The Morgan fingerprint density at radius 3 is 2.49 bits per heavy atom. The second-order valence-corrected chi connectivity index (χ2v) is 9.77. The van der Waals surface area contributed by atoms with Crippen molar-refractivity contribution in [3.63, 3.8) is 0 Å². The fourth-order valence-electron chi connectivity index (χ4n) is 4.97. The molecule has 0 aliphatic heterocycles. The molecule has 2 amide bonds. The lowest BCUT2D eigenvalue weighted by atomic mass is 10.0. The molecule has 2 aromatic carbocycles. The molecule has 2 aromatic heterocycles. The fraction of sp³-hybridized carbons (Fsp3) is 0.345. The second kappa shape index (κ2) is 11.5. The predicted octanol–water partition coefficient (Wildman–Crippen LogP) is 4.39. The van der Waals surface area contributed by atoms with Crippen LogP contribution in [0.15, 0.2) is 65.1 Å². The van der Waals surface area contributed by atoms with Crippen LogP contribution in [-0.2, 0) is 16.1 Å². The third-order valence-corrected chi connectivity index (χ3v) is 6.97. The zero-order valence-electron chi connectivity index (χ0n) is 22.3. The third kappa shape index (κ3) is 5.84. The van der Waals surface area contributed by atoms with Gasteiger partial charge in [-0.05, 0) is 73.4 Å². The molecule has 1 aliphatic rings. The Kier molecular flexibility index (Phi) is 7.72. The highest BCUT2D eigenvalue weighted by atomic mass is 16.5. The lowest BCUT2D eigenvalue weighted by Crippen LogP contribution is -2.47. The van der Waals surface area contributed by atoms with E-state index in [0.29, 0.717) is 22.8 Å². The summed E-state index contributed by atoms with van der Waals surface area (Å²) >= 11 is 0. The Bertz CT molecular complexity index is 1440. The molecule has 0 radical (unpaired) electrons. The van der Waals surface area contributed by atoms with E-state index >= 15 is 0 Å². The Morgan fingerprint density at radius 1 is 1.08 bits per heavy atom. The van der Waals surface area contributed by atoms with Crippen LogP contribution in [0.25, 0.3) is 11.6 Å². The van der Waals surface area contributed by atoms with Gasteiger partial charge in [0, 0.05) is 11.7 Å². The minimum absolute atomic E-state index is 0.0864. The number of ether oxygens (including phenoxy) is 1. The monoisotopic (exact) mass is 528 g/mol. The molecule has 0 saturated heterocycles. The molecule has 39 heavy (non-hydrogen) atoms. The number of nitrogens with one attached hydrogen (secondary N) is 1. The topological polar surface area (TPSA) is 115 Å². The van der Waals surface area contributed by atoms with Crippen molar-refractivity contribution in [3.8, 4) is 17.3 Å². The van der Waals surface area contributed by atoms with Gasteiger partial charge in [0.05, 0.1) is 7.11 Å². The Labute approximate surface area is 227 Å². The molecule has 0 unspecified atom stereocenters. The van der Waals surface area contributed by atoms with E-state index in [9.17, 15) is 9.59 Å². The number of para-hydroxylation sites is 1. The summed E-state index contributed by atoms with van der Waals surface area (Å²) in [7, 11) is 1.59. The maximum atomic E-state index is 14.1. The number of methoxy groups -OCH3 is 1. The van der Waals surface area contributed by atoms with Crippen molar-refractivity contribution in [2.45, 2.75) is 58.2 Å². The number of anilines is 1. The van der Waals surface area contributed by atoms with Gasteiger partial charge in [-0.3, -0.25) is 14.5 Å². The van der Waals surface area contributed by atoms with Gasteiger partial charge in [0.2, 0.25) is 11.7 Å². The largest absolute Gasteiger partial charge is 0.497 e. The first-order chi connectivity index (χ1) is 18.9. The summed E-state index contributed by atoms with van der Waals surface area (Å²) in [5.41, 5.74) is 2.16. The number of benzene rings is 2. The summed E-state index contributed by atoms with van der Waals surface area (Å²) in [6, 6.07) is 17.5. The smallest absolute Gasteiger partial charge is 0.251 e. The molecule has 5 rings (SSSR count). The van der Waals surface area contributed by atoms with E-state index in [4.69, 9.17) is 9.15 Å². The van der Waals surface area contributed by atoms with Crippen molar-refractivity contribution in [1.82, 2.24) is 25.5 Å². The number of carbonyl (C=O) groups excluding carboxylic acids is 2. The number of rotatable bonds is 9. The first kappa shape index (κ1) is 26.1. The molecule has 2 heterocycles. The summed E-state index contributed by atoms with van der Waals surface area (Å²) in [5.74, 6) is 1.54. The highest BCUT2D eigenvalue weighted by Gasteiger charge is 2.35. The number of hydrogen-bond acceptors (Lipinski definition) is 7. The van der Waals surface area contributed by atoms with Gasteiger partial charge in [-0.2, -0.15) is 4.80 Å². The van der Waals surface area contributed by atoms with Crippen molar-refractivity contribution in [2.24, 2.45) is 0 Å². The number of hydrogen-bond donors (Lipinski definition) is 1. The van der Waals surface area contributed by atoms with E-state index in [-0.39, 0.29) is 30.2 Å². The number of nitrogens with zero attached hydrogens (tertiary/aromatic N) is 5. The summed E-state index contributed by atoms with van der Waals surface area (Å²) in [4.78, 5) is 30.8. The van der Waals surface area contributed by atoms with E-state index in [0.717, 1.165) is 37.0 Å². The van der Waals surface area contributed by atoms with Crippen molar-refractivity contribution in [2.75, 3.05) is 12.0 Å². The molecule has 1 fully saturated rings. The number of aryl methyl sites for hydroxylation is 2. The lowest BCUT2D eigenvalue weighted by Gasteiger charge is -2.33. The van der Waals surface area contributed by atoms with Gasteiger partial charge in [-0.25, -0.2) is 0 Å². The maximum absolute atomic E-state index is 14.1. The molecular formula is C29H32N6O4. The van der Waals surface area contributed by atoms with E-state index < -0.39 is 6.04 Å². The van der Waals surface area contributed by atoms with Gasteiger partial charge in [0.15, 0.2) is 5.76 Å². The maximum Gasteiger partial charge on any atom is 0.251 e. The third-order valence-electron chi connectivity index (χ3n) is 6.97. The Hall–Kier alpha value is -4.47. The number of furan rings is 1. The van der Waals surface area contributed by atoms with Gasteiger partial charge < -0.3 is 14.5 Å². The van der Waals surface area contributed by atoms with Crippen molar-refractivity contribution in [3.05, 3.63) is 77.6 Å². The van der Waals surface area contributed by atoms with Crippen LogP contribution in [-0.4, -0.2) is 45.2 Å². The quantitative estimate of drug-likeness (QED) is 0.343. The fourth-order valence-corrected chi connectivity index (χ4v) is 4.97. The standard InChI is InChI=1S/C29H32N6O4/c1-19-8-4-7-11-24(19)35(26(36)18-34-32-28(31-33-34)25-17-12-20(2)39-25)27(21-13-15-23(38-3)16-14-21)29(37)30-22-9-5-6-10-22/h4,7-8,11-17,22,27H,5-6,9-10,18H2,1-3H3,(H,30,37)/t27-/m1/s1. The molecule has 4 aromatic rings. The molecule has 0 spiro atoms. The summed E-state index contributed by atoms with van der Waals surface area (Å²) in [6.45, 7) is 3.53. The van der Waals surface area contributed by atoms with Crippen LogP contribution in [0.3, 0.4) is 0 Å². The van der Waals surface area contributed by atoms with Crippen molar-refractivity contribution in [1.29, 1.82) is 0 Å². The summed E-state index contributed by atoms with van der Waals surface area (Å²) in [6.07, 6.45) is 4.01. The molecule has 1 N–H and O–H groups in total. The lowest BCUT2D eigenvalue weighted by molar-refractivity contribution is -0.127. The second-order valence-electron chi connectivity index (χ2n) is 9.77. The number of amides is 2. The molecular weight excluding hydrogens is 496 g/mol. The summed E-state index contributed by atoms with van der Waals surface area (Å²) < 4.78 is 10.9. The van der Waals surface area contributed by atoms with Crippen LogP contribution in [0.1, 0.15) is 48.6 Å². The zero-order chi connectivity index (χ0) is 27.4. The Morgan fingerprint density at radius 2 is 1.82 bits per heavy atom. The minimum Gasteiger partial charge on any atom is -0.497 e. The van der Waals surface area contributed by atoms with Gasteiger partial charge in [-0.1, -0.05) is 43.2 Å². The molecule has 10 nitrogen and oxygen atoms in total. The van der Waals surface area contributed by atoms with E-state index in [1.807, 2.05) is 56.3 Å². The average molecular weight is 529 g/mol. The predicted molar refractivity (Wildman–Crippen MR) is 145 cm³/mol. The van der Waals surface area contributed by atoms with Gasteiger partial charge in [0.1, 0.15) is 24.1 Å². The molecule has 0 bridgehead atoms. The van der Waals surface area contributed by atoms with Gasteiger partial charge in [-0.15, -0.1) is 10.2 Å². The minimum atomic E-state index is -0.916. The number of tetrazole rings is 1. The van der Waals surface area contributed by atoms with Crippen LogP contribution in [0, 0.1) is 13.8 Å². The molecule has 1 saturated carbocycles. The molecule has 202 valence electrons. The molecule has 1 aliphatic carbocycles. The number of carbonyl (C=O) groups is 2. The SMILES string of the molecule is COc1ccc([C@H](C(=O)NC2CCCC2)N(C(=O)Cn2nnc(-c3ccc(C)o3)n2)c2ccccc2C)cc1. The van der Waals surface area contributed by atoms with Crippen LogP contribution < -0.4 is 15.0 Å². The van der Waals surface area contributed by atoms with Crippen molar-refractivity contribution >= 4 is 17.5 Å². The molecule has 1 atom stereocenters. The highest BCUT2D eigenvalue weighted by Crippen LogP contribution is 2.32. The van der Waals surface area contributed by atoms with Crippen LogP contribution >= 0.6 is 0 Å². The van der Waals surface area contributed by atoms with E-state index in [2.05, 4.69) is 20.7 Å². The first-order valence-electron chi connectivity index (χ1n) is 13.1. The van der Waals surface area contributed by atoms with Crippen LogP contribution in [0.2, 0.25) is 0 Å². The average Bonchev–Trinajstić information content (AvgIpc) is 3.71. The zero-order valence-corrected chi connectivity index (χ0v) is 22.3. The highest BCUT2D eigenvalue weighted by molar-refractivity contribution is 6.01. The molecule has 10 heteroatoms. The normalized spacial score (nSPS) is 14.2. The van der Waals surface area contributed by atoms with Crippen molar-refractivity contribution < 1.29 is 18.7 Å². The van der Waals surface area contributed by atoms with Gasteiger partial charge in [0.25, 0.3) is 5.91 Å². The van der Waals surface area contributed by atoms with Crippen LogP contribution in [0.4, 0.5) is 5.69 Å².